The van der Waals surface area contributed by atoms with Crippen molar-refractivity contribution < 1.29 is 13.2 Å². The molecule has 16 heavy (non-hydrogen) atoms. The average Bonchev–Trinajstić information content (AvgIpc) is 2.57. The van der Waals surface area contributed by atoms with E-state index < -0.39 is 12.6 Å². The van der Waals surface area contributed by atoms with Crippen LogP contribution in [0.1, 0.15) is 6.42 Å². The van der Waals surface area contributed by atoms with Crippen LogP contribution in [0.25, 0.3) is 0 Å². The van der Waals surface area contributed by atoms with Crippen LogP contribution in [0.5, 0.6) is 0 Å². The molecule has 0 unspecified atom stereocenters. The minimum absolute atomic E-state index is 0.000249. The summed E-state index contributed by atoms with van der Waals surface area (Å²) < 4.78 is 37.4. The van der Waals surface area contributed by atoms with Gasteiger partial charge in [0.1, 0.15) is 5.82 Å². The maximum atomic E-state index is 11.9. The van der Waals surface area contributed by atoms with E-state index in [4.69, 9.17) is 5.73 Å². The Labute approximate surface area is 91.8 Å². The predicted octanol–water partition coefficient (Wildman–Crippen LogP) is 1.35. The molecule has 0 radical (unpaired) electrons. The van der Waals surface area contributed by atoms with Crippen molar-refractivity contribution in [2.75, 3.05) is 25.9 Å². The van der Waals surface area contributed by atoms with Gasteiger partial charge >= 0.3 is 6.18 Å². The number of likely N-dealkylation sites (N-methyl/N-ethyl adjacent to an activating group) is 1. The van der Waals surface area contributed by atoms with Gasteiger partial charge in [0.2, 0.25) is 0 Å². The maximum Gasteiger partial charge on any atom is 0.390 e. The predicted molar refractivity (Wildman–Crippen MR) is 54.8 cm³/mol. The van der Waals surface area contributed by atoms with E-state index in [9.17, 15) is 13.2 Å². The molecule has 7 heteroatoms. The first-order valence-electron chi connectivity index (χ1n) is 4.91. The molecule has 1 heterocycles. The van der Waals surface area contributed by atoms with E-state index in [1.165, 1.54) is 0 Å². The van der Waals surface area contributed by atoms with Gasteiger partial charge in [0, 0.05) is 19.3 Å². The maximum absolute atomic E-state index is 11.9. The monoisotopic (exact) mass is 236 g/mol. The van der Waals surface area contributed by atoms with Gasteiger partial charge < -0.3 is 10.6 Å². The number of nitrogens with two attached hydrogens (primary N) is 1. The molecule has 2 N–H and O–H groups in total. The Balaban J connectivity index is 2.22. The van der Waals surface area contributed by atoms with E-state index in [-0.39, 0.29) is 6.54 Å². The molecule has 1 aromatic rings. The summed E-state index contributed by atoms with van der Waals surface area (Å²) in [5, 5.41) is 3.94. The summed E-state index contributed by atoms with van der Waals surface area (Å²) >= 11 is 0. The molecule has 0 aliphatic heterocycles. The third-order valence-electron chi connectivity index (χ3n) is 2.15. The molecule has 4 nitrogen and oxygen atoms in total. The van der Waals surface area contributed by atoms with Crippen LogP contribution < -0.4 is 5.73 Å². The topological polar surface area (TPSA) is 47.1 Å². The highest BCUT2D eigenvalue weighted by Crippen LogP contribution is 2.19. The van der Waals surface area contributed by atoms with E-state index >= 15 is 0 Å². The Kier molecular flexibility index (Phi) is 4.17. The Hall–Kier alpha value is -1.24. The van der Waals surface area contributed by atoms with Crippen LogP contribution in [-0.4, -0.2) is 41.0 Å². The van der Waals surface area contributed by atoms with Gasteiger partial charge in [-0.1, -0.05) is 0 Å². The van der Waals surface area contributed by atoms with Crippen LogP contribution in [0.4, 0.5) is 19.0 Å². The quantitative estimate of drug-likeness (QED) is 0.839. The first-order valence-corrected chi connectivity index (χ1v) is 4.91. The normalized spacial score (nSPS) is 12.3. The van der Waals surface area contributed by atoms with Crippen LogP contribution in [0.15, 0.2) is 12.3 Å². The lowest BCUT2D eigenvalue weighted by molar-refractivity contribution is -0.137. The molecule has 0 amide bonds. The molecule has 0 aromatic carbocycles. The Morgan fingerprint density at radius 3 is 2.62 bits per heavy atom. The number of alkyl halides is 3. The molecule has 0 saturated carbocycles. The second kappa shape index (κ2) is 5.20. The van der Waals surface area contributed by atoms with Crippen molar-refractivity contribution in [3.63, 3.8) is 0 Å². The van der Waals surface area contributed by atoms with Crippen LogP contribution >= 0.6 is 0 Å². The Morgan fingerprint density at radius 2 is 2.12 bits per heavy atom. The smallest absolute Gasteiger partial charge is 0.382 e. The minimum Gasteiger partial charge on any atom is -0.382 e. The van der Waals surface area contributed by atoms with E-state index in [2.05, 4.69) is 5.10 Å². The molecule has 0 aliphatic carbocycles. The van der Waals surface area contributed by atoms with Gasteiger partial charge in [-0.05, 0) is 13.1 Å². The van der Waals surface area contributed by atoms with Gasteiger partial charge in [-0.15, -0.1) is 0 Å². The van der Waals surface area contributed by atoms with E-state index in [0.29, 0.717) is 18.9 Å². The molecule has 0 atom stereocenters. The number of hydrogen-bond donors (Lipinski definition) is 1. The fraction of sp³-hybridized carbons (Fsp3) is 0.667. The second-order valence-corrected chi connectivity index (χ2v) is 3.67. The van der Waals surface area contributed by atoms with Gasteiger partial charge in [0.25, 0.3) is 0 Å². The summed E-state index contributed by atoms with van der Waals surface area (Å²) in [6.07, 6.45) is -3.18. The zero-order valence-corrected chi connectivity index (χ0v) is 9.04. The Morgan fingerprint density at radius 1 is 1.44 bits per heavy atom. The zero-order valence-electron chi connectivity index (χ0n) is 9.04. The highest BCUT2D eigenvalue weighted by molar-refractivity contribution is 5.23. The summed E-state index contributed by atoms with van der Waals surface area (Å²) in [7, 11) is 1.65. The summed E-state index contributed by atoms with van der Waals surface area (Å²) in [6, 6.07) is 1.65. The number of rotatable bonds is 5. The van der Waals surface area contributed by atoms with Crippen molar-refractivity contribution in [3.05, 3.63) is 12.3 Å². The number of nitrogen functional groups attached to an aromatic ring is 1. The number of halogens is 3. The molecule has 0 fully saturated rings. The minimum atomic E-state index is -4.09. The van der Waals surface area contributed by atoms with Crippen LogP contribution in [0, 0.1) is 0 Å². The summed E-state index contributed by atoms with van der Waals surface area (Å²) in [6.45, 7) is 1.04. The highest BCUT2D eigenvalue weighted by Gasteiger charge is 2.26. The van der Waals surface area contributed by atoms with E-state index in [0.717, 1.165) is 0 Å². The van der Waals surface area contributed by atoms with Crippen molar-refractivity contribution in [1.29, 1.82) is 0 Å². The lowest BCUT2D eigenvalue weighted by atomic mass is 10.4. The molecule has 92 valence electrons. The lowest BCUT2D eigenvalue weighted by Gasteiger charge is -2.17. The molecule has 0 aliphatic rings. The zero-order chi connectivity index (χ0) is 12.2. The van der Waals surface area contributed by atoms with Crippen molar-refractivity contribution in [1.82, 2.24) is 14.7 Å². The standard InChI is InChI=1S/C9H15F3N4/c1-15(5-3-9(10,11)12)6-7-16-4-2-8(13)14-16/h2,4H,3,5-7H2,1H3,(H2,13,14). The third-order valence-corrected chi connectivity index (χ3v) is 2.15. The fourth-order valence-electron chi connectivity index (χ4n) is 1.20. The molecule has 1 rings (SSSR count). The fourth-order valence-corrected chi connectivity index (χ4v) is 1.20. The SMILES string of the molecule is CN(CCn1ccc(N)n1)CCC(F)(F)F. The van der Waals surface area contributed by atoms with Crippen molar-refractivity contribution in [3.8, 4) is 0 Å². The van der Waals surface area contributed by atoms with Gasteiger partial charge in [-0.25, -0.2) is 0 Å². The molecule has 0 bridgehead atoms. The molecule has 1 aromatic heterocycles. The lowest BCUT2D eigenvalue weighted by Crippen LogP contribution is -2.27. The van der Waals surface area contributed by atoms with Crippen molar-refractivity contribution >= 4 is 5.82 Å². The average molecular weight is 236 g/mol. The van der Waals surface area contributed by atoms with Gasteiger partial charge in [0.15, 0.2) is 0 Å². The van der Waals surface area contributed by atoms with Crippen molar-refractivity contribution in [2.45, 2.75) is 19.1 Å². The number of anilines is 1. The first kappa shape index (κ1) is 12.8. The summed E-state index contributed by atoms with van der Waals surface area (Å²) in [5.41, 5.74) is 5.41. The van der Waals surface area contributed by atoms with E-state index in [1.807, 2.05) is 0 Å². The summed E-state index contributed by atoms with van der Waals surface area (Å²) in [4.78, 5) is 1.62. The number of nitrogens with zero attached hydrogens (tertiary/aromatic N) is 3. The molecule has 0 spiro atoms. The molecule has 0 saturated heterocycles. The van der Waals surface area contributed by atoms with Crippen LogP contribution in [-0.2, 0) is 6.54 Å². The molecular formula is C9H15F3N4. The van der Waals surface area contributed by atoms with Crippen LogP contribution in [0.2, 0.25) is 0 Å². The third kappa shape index (κ3) is 5.01. The largest absolute Gasteiger partial charge is 0.390 e. The Bertz CT molecular complexity index is 321. The van der Waals surface area contributed by atoms with E-state index in [1.54, 1.807) is 28.9 Å². The van der Waals surface area contributed by atoms with Crippen LogP contribution in [0.3, 0.4) is 0 Å². The summed E-state index contributed by atoms with van der Waals surface area (Å²) in [5.74, 6) is 0.415. The number of aromatic nitrogens is 2. The number of hydrogen-bond acceptors (Lipinski definition) is 3. The highest BCUT2D eigenvalue weighted by atomic mass is 19.4. The first-order chi connectivity index (χ1) is 7.37. The molecular weight excluding hydrogens is 221 g/mol. The van der Waals surface area contributed by atoms with Gasteiger partial charge in [-0.3, -0.25) is 4.68 Å². The van der Waals surface area contributed by atoms with Gasteiger partial charge in [-0.2, -0.15) is 18.3 Å². The van der Waals surface area contributed by atoms with Crippen molar-refractivity contribution in [2.24, 2.45) is 0 Å². The second-order valence-electron chi connectivity index (χ2n) is 3.67. The van der Waals surface area contributed by atoms with Gasteiger partial charge in [0.05, 0.1) is 13.0 Å².